The van der Waals surface area contributed by atoms with Crippen molar-refractivity contribution in [2.24, 2.45) is 0 Å². The van der Waals surface area contributed by atoms with Crippen LogP contribution in [0.25, 0.3) is 0 Å². The molecule has 0 heterocycles. The molecule has 0 bridgehead atoms. The minimum Gasteiger partial charge on any atom is -0.494 e. The molecule has 0 spiro atoms. The van der Waals surface area contributed by atoms with E-state index in [0.29, 0.717) is 11.8 Å². The highest BCUT2D eigenvalue weighted by atomic mass is 19.1. The lowest BCUT2D eigenvalue weighted by Crippen LogP contribution is -2.27. The Balaban J connectivity index is 2.14. The van der Waals surface area contributed by atoms with Crippen molar-refractivity contribution in [1.29, 1.82) is 0 Å². The first kappa shape index (κ1) is 9.31. The summed E-state index contributed by atoms with van der Waals surface area (Å²) in [6, 6.07) is 5.12. The van der Waals surface area contributed by atoms with Gasteiger partial charge in [-0.05, 0) is 31.4 Å². The van der Waals surface area contributed by atoms with Crippen LogP contribution in [0.1, 0.15) is 19.3 Å². The molecule has 3 heteroatoms. The number of ether oxygens (including phenoxy) is 1. The Hall–Kier alpha value is -1.25. The first-order chi connectivity index (χ1) is 6.79. The largest absolute Gasteiger partial charge is 0.494 e. The van der Waals surface area contributed by atoms with Crippen LogP contribution in [0.3, 0.4) is 0 Å². The standard InChI is InChI=1S/C11H14FNO/c1-14-11-7-8(12)5-6-10(11)13-9-3-2-4-9/h5-7,9,13H,2-4H2,1H3. The molecule has 1 saturated carbocycles. The van der Waals surface area contributed by atoms with Gasteiger partial charge in [-0.25, -0.2) is 4.39 Å². The summed E-state index contributed by atoms with van der Waals surface area (Å²) >= 11 is 0. The van der Waals surface area contributed by atoms with Crippen molar-refractivity contribution < 1.29 is 9.13 Å². The highest BCUT2D eigenvalue weighted by Crippen LogP contribution is 2.29. The second kappa shape index (κ2) is 3.86. The number of methoxy groups -OCH3 is 1. The maximum atomic E-state index is 12.9. The van der Waals surface area contributed by atoms with E-state index in [1.807, 2.05) is 0 Å². The van der Waals surface area contributed by atoms with Gasteiger partial charge >= 0.3 is 0 Å². The van der Waals surface area contributed by atoms with Crippen molar-refractivity contribution in [1.82, 2.24) is 0 Å². The average molecular weight is 195 g/mol. The van der Waals surface area contributed by atoms with Gasteiger partial charge in [-0.15, -0.1) is 0 Å². The summed E-state index contributed by atoms with van der Waals surface area (Å²) in [5, 5.41) is 3.33. The van der Waals surface area contributed by atoms with Crippen LogP contribution in [0.2, 0.25) is 0 Å². The van der Waals surface area contributed by atoms with Crippen LogP contribution in [-0.2, 0) is 0 Å². The smallest absolute Gasteiger partial charge is 0.144 e. The zero-order valence-electron chi connectivity index (χ0n) is 8.22. The van der Waals surface area contributed by atoms with E-state index in [2.05, 4.69) is 5.32 Å². The summed E-state index contributed by atoms with van der Waals surface area (Å²) in [6.45, 7) is 0. The molecule has 0 aromatic heterocycles. The van der Waals surface area contributed by atoms with Gasteiger partial charge in [0.1, 0.15) is 11.6 Å². The second-order valence-electron chi connectivity index (χ2n) is 3.62. The van der Waals surface area contributed by atoms with Crippen molar-refractivity contribution in [3.8, 4) is 5.75 Å². The van der Waals surface area contributed by atoms with E-state index in [9.17, 15) is 4.39 Å². The monoisotopic (exact) mass is 195 g/mol. The van der Waals surface area contributed by atoms with E-state index in [0.717, 1.165) is 5.69 Å². The number of nitrogens with one attached hydrogen (secondary N) is 1. The molecule has 0 atom stereocenters. The summed E-state index contributed by atoms with van der Waals surface area (Å²) in [5.74, 6) is 0.318. The molecule has 0 amide bonds. The Kier molecular flexibility index (Phi) is 2.57. The van der Waals surface area contributed by atoms with Gasteiger partial charge in [-0.1, -0.05) is 0 Å². The predicted molar refractivity (Wildman–Crippen MR) is 54.2 cm³/mol. The molecule has 2 rings (SSSR count). The fraction of sp³-hybridized carbons (Fsp3) is 0.455. The molecule has 0 radical (unpaired) electrons. The molecule has 0 saturated heterocycles. The maximum absolute atomic E-state index is 12.9. The van der Waals surface area contributed by atoms with Crippen molar-refractivity contribution in [2.75, 3.05) is 12.4 Å². The molecular formula is C11H14FNO. The van der Waals surface area contributed by atoms with E-state index >= 15 is 0 Å². The SMILES string of the molecule is COc1cc(F)ccc1NC1CCC1. The number of hydrogen-bond acceptors (Lipinski definition) is 2. The van der Waals surface area contributed by atoms with Gasteiger partial charge in [0.15, 0.2) is 0 Å². The quantitative estimate of drug-likeness (QED) is 0.800. The Morgan fingerprint density at radius 2 is 2.21 bits per heavy atom. The minimum absolute atomic E-state index is 0.263. The van der Waals surface area contributed by atoms with Crippen LogP contribution in [-0.4, -0.2) is 13.2 Å². The molecule has 1 aliphatic rings. The molecule has 1 aromatic carbocycles. The molecule has 0 unspecified atom stereocenters. The highest BCUT2D eigenvalue weighted by Gasteiger charge is 2.18. The number of rotatable bonds is 3. The fourth-order valence-electron chi connectivity index (χ4n) is 1.56. The lowest BCUT2D eigenvalue weighted by Gasteiger charge is -2.28. The maximum Gasteiger partial charge on any atom is 0.144 e. The van der Waals surface area contributed by atoms with Gasteiger partial charge in [0.25, 0.3) is 0 Å². The van der Waals surface area contributed by atoms with Gasteiger partial charge in [-0.3, -0.25) is 0 Å². The molecule has 76 valence electrons. The summed E-state index contributed by atoms with van der Waals surface area (Å²) in [6.07, 6.45) is 3.67. The van der Waals surface area contributed by atoms with Gasteiger partial charge in [0, 0.05) is 12.1 Å². The van der Waals surface area contributed by atoms with Crippen molar-refractivity contribution in [3.05, 3.63) is 24.0 Å². The zero-order chi connectivity index (χ0) is 9.97. The zero-order valence-corrected chi connectivity index (χ0v) is 8.22. The first-order valence-electron chi connectivity index (χ1n) is 4.89. The lowest BCUT2D eigenvalue weighted by atomic mass is 9.93. The van der Waals surface area contributed by atoms with Crippen LogP contribution in [0, 0.1) is 5.82 Å². The van der Waals surface area contributed by atoms with Gasteiger partial charge in [0.2, 0.25) is 0 Å². The topological polar surface area (TPSA) is 21.3 Å². The van der Waals surface area contributed by atoms with E-state index in [4.69, 9.17) is 4.74 Å². The van der Waals surface area contributed by atoms with Gasteiger partial charge < -0.3 is 10.1 Å². The number of anilines is 1. The third kappa shape index (κ3) is 1.81. The Labute approximate surface area is 83.1 Å². The molecule has 14 heavy (non-hydrogen) atoms. The molecule has 1 aromatic rings. The molecule has 1 fully saturated rings. The minimum atomic E-state index is -0.263. The van der Waals surface area contributed by atoms with Crippen LogP contribution in [0.5, 0.6) is 5.75 Å². The van der Waals surface area contributed by atoms with Crippen LogP contribution >= 0.6 is 0 Å². The van der Waals surface area contributed by atoms with Gasteiger partial charge in [-0.2, -0.15) is 0 Å². The first-order valence-corrected chi connectivity index (χ1v) is 4.89. The second-order valence-corrected chi connectivity index (χ2v) is 3.62. The van der Waals surface area contributed by atoms with Crippen molar-refractivity contribution in [3.63, 3.8) is 0 Å². The number of benzene rings is 1. The molecule has 1 aliphatic carbocycles. The van der Waals surface area contributed by atoms with Crippen LogP contribution in [0.4, 0.5) is 10.1 Å². The van der Waals surface area contributed by atoms with Gasteiger partial charge in [0.05, 0.1) is 12.8 Å². The summed E-state index contributed by atoms with van der Waals surface area (Å²) in [5.41, 5.74) is 0.888. The summed E-state index contributed by atoms with van der Waals surface area (Å²) in [4.78, 5) is 0. The number of halogens is 1. The third-order valence-electron chi connectivity index (χ3n) is 2.63. The Morgan fingerprint density at radius 3 is 2.79 bits per heavy atom. The van der Waals surface area contributed by atoms with Crippen molar-refractivity contribution in [2.45, 2.75) is 25.3 Å². The molecule has 2 nitrogen and oxygen atoms in total. The van der Waals surface area contributed by atoms with E-state index < -0.39 is 0 Å². The predicted octanol–water partition coefficient (Wildman–Crippen LogP) is 2.80. The average Bonchev–Trinajstić information content (AvgIpc) is 2.13. The third-order valence-corrected chi connectivity index (χ3v) is 2.63. The lowest BCUT2D eigenvalue weighted by molar-refractivity contribution is 0.407. The molecule has 0 aliphatic heterocycles. The van der Waals surface area contributed by atoms with Crippen LogP contribution < -0.4 is 10.1 Å². The van der Waals surface area contributed by atoms with E-state index in [1.54, 1.807) is 13.2 Å². The number of hydrogen-bond donors (Lipinski definition) is 1. The van der Waals surface area contributed by atoms with E-state index in [1.165, 1.54) is 31.4 Å². The molecular weight excluding hydrogens is 181 g/mol. The Morgan fingerprint density at radius 1 is 1.43 bits per heavy atom. The Bertz CT molecular complexity index is 323. The van der Waals surface area contributed by atoms with Crippen LogP contribution in [0.15, 0.2) is 18.2 Å². The molecule has 1 N–H and O–H groups in total. The van der Waals surface area contributed by atoms with Crippen molar-refractivity contribution >= 4 is 5.69 Å². The fourth-order valence-corrected chi connectivity index (χ4v) is 1.56. The highest BCUT2D eigenvalue weighted by molar-refractivity contribution is 5.57. The summed E-state index contributed by atoms with van der Waals surface area (Å²) < 4.78 is 18.0. The summed E-state index contributed by atoms with van der Waals surface area (Å²) in [7, 11) is 1.56. The normalized spacial score (nSPS) is 16.1. The van der Waals surface area contributed by atoms with E-state index in [-0.39, 0.29) is 5.82 Å².